The molecule has 9 nitrogen and oxygen atoms in total. The van der Waals surface area contributed by atoms with Crippen molar-refractivity contribution in [2.24, 2.45) is 0 Å². The summed E-state index contributed by atoms with van der Waals surface area (Å²) in [4.78, 5) is 19.3. The molecule has 2 rings (SSSR count). The summed E-state index contributed by atoms with van der Waals surface area (Å²) in [6.07, 6.45) is 0.994. The highest BCUT2D eigenvalue weighted by Gasteiger charge is 2.50. The SMILES string of the molecule is CC1(Cl)C=C(Cl)C(S(=O)(=O)O)C([N+](=O)[O-])=C1c1ccccc1[N+](=O)[O-]. The number of hydrogen-bond acceptors (Lipinski definition) is 6. The Balaban J connectivity index is 2.98. The second kappa shape index (κ2) is 6.37. The van der Waals surface area contributed by atoms with Gasteiger partial charge in [0.25, 0.3) is 21.5 Å². The molecule has 134 valence electrons. The van der Waals surface area contributed by atoms with Crippen molar-refractivity contribution >= 4 is 44.6 Å². The lowest BCUT2D eigenvalue weighted by molar-refractivity contribution is -0.425. The summed E-state index contributed by atoms with van der Waals surface area (Å²) in [7, 11) is -5.02. The van der Waals surface area contributed by atoms with E-state index in [1.54, 1.807) is 0 Å². The normalized spacial score (nSPS) is 24.0. The Morgan fingerprint density at radius 1 is 1.20 bits per heavy atom. The molecular weight excluding hydrogens is 399 g/mol. The number of allylic oxidation sites excluding steroid dienone is 2. The van der Waals surface area contributed by atoms with Crippen molar-refractivity contribution in [3.05, 3.63) is 66.9 Å². The number of alkyl halides is 1. The fourth-order valence-electron chi connectivity index (χ4n) is 2.63. The third-order valence-corrected chi connectivity index (χ3v) is 5.35. The van der Waals surface area contributed by atoms with Gasteiger partial charge in [-0.1, -0.05) is 23.7 Å². The van der Waals surface area contributed by atoms with E-state index in [1.807, 2.05) is 0 Å². The van der Waals surface area contributed by atoms with Crippen LogP contribution in [-0.2, 0) is 10.1 Å². The Labute approximate surface area is 151 Å². The maximum Gasteiger partial charge on any atom is 0.283 e. The fourth-order valence-corrected chi connectivity index (χ4v) is 4.50. The molecule has 0 saturated carbocycles. The highest BCUT2D eigenvalue weighted by atomic mass is 35.5. The van der Waals surface area contributed by atoms with E-state index in [0.717, 1.165) is 12.1 Å². The van der Waals surface area contributed by atoms with Crippen LogP contribution in [0.4, 0.5) is 5.69 Å². The van der Waals surface area contributed by atoms with Crippen molar-refractivity contribution in [2.75, 3.05) is 0 Å². The van der Waals surface area contributed by atoms with Crippen LogP contribution in [0.3, 0.4) is 0 Å². The molecule has 0 heterocycles. The first-order chi connectivity index (χ1) is 11.4. The quantitative estimate of drug-likeness (QED) is 0.349. The van der Waals surface area contributed by atoms with E-state index in [0.29, 0.717) is 0 Å². The molecule has 0 aliphatic heterocycles. The van der Waals surface area contributed by atoms with E-state index in [4.69, 9.17) is 23.2 Å². The largest absolute Gasteiger partial charge is 0.285 e. The smallest absolute Gasteiger partial charge is 0.283 e. The van der Waals surface area contributed by atoms with Gasteiger partial charge in [-0.05, 0) is 19.1 Å². The molecule has 0 spiro atoms. The van der Waals surface area contributed by atoms with Crippen molar-refractivity contribution in [3.63, 3.8) is 0 Å². The van der Waals surface area contributed by atoms with Crippen molar-refractivity contribution in [3.8, 4) is 0 Å². The fraction of sp³-hybridized carbons (Fsp3) is 0.231. The van der Waals surface area contributed by atoms with Gasteiger partial charge < -0.3 is 0 Å². The molecule has 1 N–H and O–H groups in total. The van der Waals surface area contributed by atoms with E-state index in [1.165, 1.54) is 25.1 Å². The van der Waals surface area contributed by atoms with Crippen LogP contribution >= 0.6 is 23.2 Å². The van der Waals surface area contributed by atoms with Crippen LogP contribution in [0.15, 0.2) is 41.1 Å². The Morgan fingerprint density at radius 2 is 1.76 bits per heavy atom. The number of nitro groups is 2. The molecular formula is C13H10Cl2N2O7S. The minimum atomic E-state index is -5.02. The highest BCUT2D eigenvalue weighted by Crippen LogP contribution is 2.47. The summed E-state index contributed by atoms with van der Waals surface area (Å²) in [5, 5.41) is 20.0. The molecule has 0 saturated heterocycles. The van der Waals surface area contributed by atoms with Gasteiger partial charge in [0.15, 0.2) is 0 Å². The predicted molar refractivity (Wildman–Crippen MR) is 90.5 cm³/mol. The first-order valence-electron chi connectivity index (χ1n) is 6.54. The van der Waals surface area contributed by atoms with Gasteiger partial charge in [-0.15, -0.1) is 11.6 Å². The van der Waals surface area contributed by atoms with Crippen LogP contribution in [0, 0.1) is 20.2 Å². The summed E-state index contributed by atoms with van der Waals surface area (Å²) >= 11 is 12.1. The van der Waals surface area contributed by atoms with Gasteiger partial charge in [0.2, 0.25) is 5.25 Å². The lowest BCUT2D eigenvalue weighted by Crippen LogP contribution is -2.36. The molecule has 0 aromatic heterocycles. The van der Waals surface area contributed by atoms with Gasteiger partial charge in [0, 0.05) is 11.1 Å². The molecule has 0 radical (unpaired) electrons. The Morgan fingerprint density at radius 3 is 2.24 bits per heavy atom. The van der Waals surface area contributed by atoms with Crippen molar-refractivity contribution in [2.45, 2.75) is 17.0 Å². The van der Waals surface area contributed by atoms with Gasteiger partial charge in [0.05, 0.1) is 25.9 Å². The minimum Gasteiger partial charge on any atom is -0.285 e. The molecule has 2 unspecified atom stereocenters. The summed E-state index contributed by atoms with van der Waals surface area (Å²) in [5.41, 5.74) is -2.23. The number of benzene rings is 1. The maximum atomic E-state index is 11.6. The molecule has 0 amide bonds. The molecule has 12 heteroatoms. The monoisotopic (exact) mass is 408 g/mol. The van der Waals surface area contributed by atoms with Crippen LogP contribution < -0.4 is 0 Å². The first-order valence-corrected chi connectivity index (χ1v) is 8.80. The third-order valence-electron chi connectivity index (χ3n) is 3.52. The van der Waals surface area contributed by atoms with E-state index < -0.39 is 52.1 Å². The molecule has 25 heavy (non-hydrogen) atoms. The zero-order chi connectivity index (χ0) is 19.2. The van der Waals surface area contributed by atoms with Crippen molar-refractivity contribution in [1.29, 1.82) is 0 Å². The molecule has 1 aromatic rings. The van der Waals surface area contributed by atoms with Crippen molar-refractivity contribution in [1.82, 2.24) is 0 Å². The van der Waals surface area contributed by atoms with Gasteiger partial charge in [-0.2, -0.15) is 8.42 Å². The average Bonchev–Trinajstić information content (AvgIpc) is 2.43. The average molecular weight is 409 g/mol. The standard InChI is InChI=1S/C13H10Cl2N2O7S/c1-13(15)6-8(14)12(25(22,23)24)11(17(20)21)10(13)7-4-2-3-5-9(7)16(18)19/h2-6,12H,1H3,(H,22,23,24). The van der Waals surface area contributed by atoms with E-state index in [-0.39, 0.29) is 5.56 Å². The van der Waals surface area contributed by atoms with Gasteiger partial charge in [0.1, 0.15) is 0 Å². The topological polar surface area (TPSA) is 141 Å². The number of para-hydroxylation sites is 1. The summed E-state index contributed by atoms with van der Waals surface area (Å²) in [6.45, 7) is 1.27. The lowest BCUT2D eigenvalue weighted by atomic mass is 9.85. The second-order valence-corrected chi connectivity index (χ2v) is 8.01. The maximum absolute atomic E-state index is 11.6. The van der Waals surface area contributed by atoms with Crippen LogP contribution in [0.1, 0.15) is 12.5 Å². The number of hydrogen-bond donors (Lipinski definition) is 1. The molecule has 1 aliphatic rings. The Hall–Kier alpha value is -2.01. The minimum absolute atomic E-state index is 0.245. The van der Waals surface area contributed by atoms with Crippen LogP contribution in [0.2, 0.25) is 0 Å². The van der Waals surface area contributed by atoms with E-state index in [2.05, 4.69) is 0 Å². The predicted octanol–water partition coefficient (Wildman–Crippen LogP) is 2.97. The molecule has 1 aromatic carbocycles. The summed E-state index contributed by atoms with van der Waals surface area (Å²) in [6, 6.07) is 5.01. The third kappa shape index (κ3) is 3.52. The summed E-state index contributed by atoms with van der Waals surface area (Å²) < 4.78 is 32.6. The summed E-state index contributed by atoms with van der Waals surface area (Å²) in [5.74, 6) is 0. The Bertz CT molecular complexity index is 937. The molecule has 0 fully saturated rings. The molecule has 1 aliphatic carbocycles. The zero-order valence-electron chi connectivity index (χ0n) is 12.4. The number of nitrogens with zero attached hydrogens (tertiary/aromatic N) is 2. The zero-order valence-corrected chi connectivity index (χ0v) is 14.7. The van der Waals surface area contributed by atoms with Crippen LogP contribution in [0.25, 0.3) is 5.57 Å². The van der Waals surface area contributed by atoms with Gasteiger partial charge in [-0.3, -0.25) is 24.8 Å². The number of nitro benzene ring substituents is 1. The van der Waals surface area contributed by atoms with Gasteiger partial charge in [-0.25, -0.2) is 0 Å². The lowest BCUT2D eigenvalue weighted by Gasteiger charge is -2.29. The first kappa shape index (κ1) is 19.3. The van der Waals surface area contributed by atoms with Crippen molar-refractivity contribution < 1.29 is 22.8 Å². The molecule has 2 atom stereocenters. The second-order valence-electron chi connectivity index (χ2n) is 5.29. The van der Waals surface area contributed by atoms with Gasteiger partial charge >= 0.3 is 0 Å². The van der Waals surface area contributed by atoms with E-state index in [9.17, 15) is 33.2 Å². The van der Waals surface area contributed by atoms with Crippen LogP contribution in [0.5, 0.6) is 0 Å². The van der Waals surface area contributed by atoms with Crippen LogP contribution in [-0.4, -0.2) is 32.9 Å². The number of rotatable bonds is 4. The highest BCUT2D eigenvalue weighted by molar-refractivity contribution is 7.87. The van der Waals surface area contributed by atoms with E-state index >= 15 is 0 Å². The Kier molecular flexibility index (Phi) is 4.92. The number of halogens is 2. The molecule has 0 bridgehead atoms.